The fraction of sp³-hybridized carbons (Fsp3) is 0.188. The highest BCUT2D eigenvalue weighted by molar-refractivity contribution is 5.90. The fourth-order valence-electron chi connectivity index (χ4n) is 1.98. The second-order valence-corrected chi connectivity index (χ2v) is 4.90. The van der Waals surface area contributed by atoms with Gasteiger partial charge >= 0.3 is 0 Å². The first-order valence-corrected chi connectivity index (χ1v) is 6.23. The zero-order chi connectivity index (χ0) is 14.8. The molecule has 0 bridgehead atoms. The maximum Gasteiger partial charge on any atom is 0.161 e. The number of hydrogen-bond donors (Lipinski definition) is 1. The van der Waals surface area contributed by atoms with Gasteiger partial charge in [0, 0.05) is 6.42 Å². The highest BCUT2D eigenvalue weighted by Gasteiger charge is 2.30. The molecule has 104 valence electrons. The Kier molecular flexibility index (Phi) is 3.95. The molecular weight excluding hydrogens is 260 g/mol. The molecule has 0 aliphatic carbocycles. The van der Waals surface area contributed by atoms with Crippen molar-refractivity contribution in [1.82, 2.24) is 0 Å². The van der Waals surface area contributed by atoms with Crippen LogP contribution in [0.3, 0.4) is 0 Å². The predicted octanol–water partition coefficient (Wildman–Crippen LogP) is 2.95. The van der Waals surface area contributed by atoms with E-state index in [4.69, 9.17) is 5.73 Å². The third-order valence-corrected chi connectivity index (χ3v) is 3.31. The van der Waals surface area contributed by atoms with E-state index in [1.807, 2.05) is 6.07 Å². The Hall–Kier alpha value is -2.07. The SMILES string of the molecule is CC(N)(C(=O)Cc1cc(F)ccc1F)c1ccccc1. The van der Waals surface area contributed by atoms with Crippen molar-refractivity contribution in [3.05, 3.63) is 71.3 Å². The average molecular weight is 275 g/mol. The quantitative estimate of drug-likeness (QED) is 0.932. The first-order chi connectivity index (χ1) is 9.41. The van der Waals surface area contributed by atoms with Crippen LogP contribution in [0.15, 0.2) is 48.5 Å². The molecule has 1 unspecified atom stereocenters. The topological polar surface area (TPSA) is 43.1 Å². The third kappa shape index (κ3) is 2.91. The zero-order valence-electron chi connectivity index (χ0n) is 11.1. The first-order valence-electron chi connectivity index (χ1n) is 6.23. The molecule has 0 radical (unpaired) electrons. The van der Waals surface area contributed by atoms with Gasteiger partial charge in [0.2, 0.25) is 0 Å². The lowest BCUT2D eigenvalue weighted by Crippen LogP contribution is -2.42. The van der Waals surface area contributed by atoms with Crippen LogP contribution in [0.25, 0.3) is 0 Å². The van der Waals surface area contributed by atoms with Crippen molar-refractivity contribution in [2.24, 2.45) is 5.73 Å². The number of hydrogen-bond acceptors (Lipinski definition) is 2. The van der Waals surface area contributed by atoms with Gasteiger partial charge in [-0.15, -0.1) is 0 Å². The lowest BCUT2D eigenvalue weighted by atomic mass is 9.86. The molecule has 20 heavy (non-hydrogen) atoms. The van der Waals surface area contributed by atoms with Gasteiger partial charge < -0.3 is 5.73 Å². The molecule has 2 aromatic carbocycles. The molecule has 0 fully saturated rings. The predicted molar refractivity (Wildman–Crippen MR) is 73.1 cm³/mol. The number of ketones is 1. The molecular formula is C16H15F2NO. The number of carbonyl (C=O) groups excluding carboxylic acids is 1. The van der Waals surface area contributed by atoms with Crippen molar-refractivity contribution in [1.29, 1.82) is 0 Å². The Morgan fingerprint density at radius 2 is 1.80 bits per heavy atom. The Balaban J connectivity index is 2.26. The number of nitrogens with two attached hydrogens (primary N) is 1. The van der Waals surface area contributed by atoms with E-state index in [0.717, 1.165) is 18.2 Å². The van der Waals surface area contributed by atoms with Crippen LogP contribution in [0.5, 0.6) is 0 Å². The standard InChI is InChI=1S/C16H15F2NO/c1-16(19,12-5-3-2-4-6-12)15(20)10-11-9-13(17)7-8-14(11)18/h2-9H,10,19H2,1H3. The van der Waals surface area contributed by atoms with E-state index >= 15 is 0 Å². The van der Waals surface area contributed by atoms with Gasteiger partial charge in [0.1, 0.15) is 11.6 Å². The Morgan fingerprint density at radius 3 is 2.45 bits per heavy atom. The average Bonchev–Trinajstić information content (AvgIpc) is 2.43. The second-order valence-electron chi connectivity index (χ2n) is 4.90. The number of halogens is 2. The van der Waals surface area contributed by atoms with Crippen LogP contribution in [0.2, 0.25) is 0 Å². The number of rotatable bonds is 4. The lowest BCUT2D eigenvalue weighted by Gasteiger charge is -2.23. The molecule has 2 N–H and O–H groups in total. The van der Waals surface area contributed by atoms with Gasteiger partial charge in [0.15, 0.2) is 5.78 Å². The van der Waals surface area contributed by atoms with Crippen LogP contribution in [-0.4, -0.2) is 5.78 Å². The van der Waals surface area contributed by atoms with Gasteiger partial charge in [0.25, 0.3) is 0 Å². The van der Waals surface area contributed by atoms with E-state index in [-0.39, 0.29) is 17.8 Å². The van der Waals surface area contributed by atoms with Crippen molar-refractivity contribution < 1.29 is 13.6 Å². The summed E-state index contributed by atoms with van der Waals surface area (Å²) in [4.78, 5) is 12.3. The summed E-state index contributed by atoms with van der Waals surface area (Å²) in [6.45, 7) is 1.57. The van der Waals surface area contributed by atoms with E-state index in [0.29, 0.717) is 5.56 Å². The van der Waals surface area contributed by atoms with Gasteiger partial charge in [-0.05, 0) is 36.2 Å². The smallest absolute Gasteiger partial charge is 0.161 e. The summed E-state index contributed by atoms with van der Waals surface area (Å²) in [7, 11) is 0. The summed E-state index contributed by atoms with van der Waals surface area (Å²) in [5.41, 5.74) is 5.47. The molecule has 0 aliphatic heterocycles. The maximum absolute atomic E-state index is 13.6. The molecule has 1 atom stereocenters. The van der Waals surface area contributed by atoms with Gasteiger partial charge in [-0.1, -0.05) is 30.3 Å². The summed E-state index contributed by atoms with van der Waals surface area (Å²) in [5, 5.41) is 0. The molecule has 0 spiro atoms. The minimum absolute atomic E-state index is 0.0163. The fourth-order valence-corrected chi connectivity index (χ4v) is 1.98. The summed E-state index contributed by atoms with van der Waals surface area (Å²) < 4.78 is 26.7. The van der Waals surface area contributed by atoms with Crippen LogP contribution >= 0.6 is 0 Å². The van der Waals surface area contributed by atoms with Crippen LogP contribution < -0.4 is 5.73 Å². The zero-order valence-corrected chi connectivity index (χ0v) is 11.1. The van der Waals surface area contributed by atoms with Crippen LogP contribution in [0, 0.1) is 11.6 Å². The second kappa shape index (κ2) is 5.51. The number of benzene rings is 2. The Labute approximate surface area is 116 Å². The third-order valence-electron chi connectivity index (χ3n) is 3.31. The number of Topliss-reactive ketones (excluding diaryl/α,β-unsaturated/α-hetero) is 1. The molecule has 0 heterocycles. The van der Waals surface area contributed by atoms with Gasteiger partial charge in [0.05, 0.1) is 5.54 Å². The molecule has 0 aliphatic rings. The highest BCUT2D eigenvalue weighted by Crippen LogP contribution is 2.21. The first kappa shape index (κ1) is 14.3. The molecule has 0 amide bonds. The minimum Gasteiger partial charge on any atom is -0.315 e. The van der Waals surface area contributed by atoms with Crippen LogP contribution in [0.4, 0.5) is 8.78 Å². The highest BCUT2D eigenvalue weighted by atomic mass is 19.1. The molecule has 4 heteroatoms. The van der Waals surface area contributed by atoms with Gasteiger partial charge in [-0.25, -0.2) is 8.78 Å². The van der Waals surface area contributed by atoms with Crippen molar-refractivity contribution >= 4 is 5.78 Å². The van der Waals surface area contributed by atoms with E-state index in [9.17, 15) is 13.6 Å². The van der Waals surface area contributed by atoms with Crippen LogP contribution in [0.1, 0.15) is 18.1 Å². The summed E-state index contributed by atoms with van der Waals surface area (Å²) in [6, 6.07) is 11.9. The summed E-state index contributed by atoms with van der Waals surface area (Å²) in [5.74, 6) is -1.55. The van der Waals surface area contributed by atoms with Crippen molar-refractivity contribution in [2.75, 3.05) is 0 Å². The lowest BCUT2D eigenvalue weighted by molar-refractivity contribution is -0.123. The Bertz CT molecular complexity index is 624. The van der Waals surface area contributed by atoms with Crippen LogP contribution in [-0.2, 0) is 16.8 Å². The largest absolute Gasteiger partial charge is 0.315 e. The van der Waals surface area contributed by atoms with E-state index < -0.39 is 17.2 Å². The van der Waals surface area contributed by atoms with E-state index in [2.05, 4.69) is 0 Å². The summed E-state index contributed by atoms with van der Waals surface area (Å²) in [6.07, 6.45) is -0.245. The molecule has 2 nitrogen and oxygen atoms in total. The molecule has 0 saturated carbocycles. The van der Waals surface area contributed by atoms with E-state index in [1.54, 1.807) is 31.2 Å². The maximum atomic E-state index is 13.6. The van der Waals surface area contributed by atoms with Crippen molar-refractivity contribution in [3.63, 3.8) is 0 Å². The molecule has 2 aromatic rings. The van der Waals surface area contributed by atoms with Crippen molar-refractivity contribution in [3.8, 4) is 0 Å². The minimum atomic E-state index is -1.24. The van der Waals surface area contributed by atoms with Gasteiger partial charge in [-0.3, -0.25) is 4.79 Å². The monoisotopic (exact) mass is 275 g/mol. The van der Waals surface area contributed by atoms with E-state index in [1.165, 1.54) is 0 Å². The molecule has 0 saturated heterocycles. The molecule has 2 rings (SSSR count). The molecule has 0 aromatic heterocycles. The van der Waals surface area contributed by atoms with Gasteiger partial charge in [-0.2, -0.15) is 0 Å². The Morgan fingerprint density at radius 1 is 1.15 bits per heavy atom. The summed E-state index contributed by atoms with van der Waals surface area (Å²) >= 11 is 0. The number of carbonyl (C=O) groups is 1. The van der Waals surface area contributed by atoms with Crippen molar-refractivity contribution in [2.45, 2.75) is 18.9 Å². The normalized spacial score (nSPS) is 13.8.